The Bertz CT molecular complexity index is 184. The van der Waals surface area contributed by atoms with Gasteiger partial charge in [-0.3, -0.25) is 0 Å². The van der Waals surface area contributed by atoms with Crippen LogP contribution in [0, 0.1) is 6.54 Å². The molecule has 0 atom stereocenters. The zero-order valence-electron chi connectivity index (χ0n) is 5.05. The zero-order chi connectivity index (χ0) is 6.10. The van der Waals surface area contributed by atoms with Crippen molar-refractivity contribution in [3.8, 4) is 0 Å². The van der Waals surface area contributed by atoms with Crippen LogP contribution in [0.2, 0.25) is 0 Å². The number of rotatable bonds is 0. The van der Waals surface area contributed by atoms with E-state index in [0.717, 1.165) is 6.54 Å². The summed E-state index contributed by atoms with van der Waals surface area (Å²) in [6, 6.07) is 2.16. The largest absolute Gasteiger partial charge is 0.308 e. The van der Waals surface area contributed by atoms with Crippen molar-refractivity contribution in [3.63, 3.8) is 0 Å². The second-order valence-corrected chi connectivity index (χ2v) is 3.15. The van der Waals surface area contributed by atoms with Gasteiger partial charge in [-0.1, -0.05) is 0 Å². The maximum absolute atomic E-state index is 3.21. The molecule has 0 amide bonds. The van der Waals surface area contributed by atoms with Crippen molar-refractivity contribution in [1.82, 2.24) is 5.32 Å². The van der Waals surface area contributed by atoms with E-state index >= 15 is 0 Å². The fraction of sp³-hybridized carbons (Fsp3) is 0.286. The van der Waals surface area contributed by atoms with Crippen LogP contribution in [0.25, 0.3) is 0 Å². The minimum atomic E-state index is 1.10. The van der Waals surface area contributed by atoms with Crippen LogP contribution in [0.5, 0.6) is 0 Å². The van der Waals surface area contributed by atoms with Crippen molar-refractivity contribution >= 4 is 11.3 Å². The van der Waals surface area contributed by atoms with E-state index in [4.69, 9.17) is 0 Å². The Morgan fingerprint density at radius 2 is 2.56 bits per heavy atom. The van der Waals surface area contributed by atoms with Crippen LogP contribution in [-0.2, 0) is 6.42 Å². The van der Waals surface area contributed by atoms with Gasteiger partial charge in [0.2, 0.25) is 0 Å². The summed E-state index contributed by atoms with van der Waals surface area (Å²) in [6.45, 7) is 3.20. The highest BCUT2D eigenvalue weighted by Gasteiger charge is 2.07. The molecule has 0 fully saturated rings. The van der Waals surface area contributed by atoms with Crippen molar-refractivity contribution in [1.29, 1.82) is 0 Å². The van der Waals surface area contributed by atoms with Crippen LogP contribution in [-0.4, -0.2) is 6.54 Å². The Balaban J connectivity index is 2.39. The summed E-state index contributed by atoms with van der Waals surface area (Å²) in [4.78, 5) is 1.52. The molecule has 0 spiro atoms. The van der Waals surface area contributed by atoms with E-state index in [1.807, 2.05) is 11.3 Å². The first-order chi connectivity index (χ1) is 4.47. The van der Waals surface area contributed by atoms with Gasteiger partial charge < -0.3 is 5.32 Å². The second-order valence-electron chi connectivity index (χ2n) is 2.15. The molecular formula is C7H8NS. The molecule has 0 saturated heterocycles. The summed E-state index contributed by atoms with van der Waals surface area (Å²) >= 11 is 1.85. The zero-order valence-corrected chi connectivity index (χ0v) is 5.87. The fourth-order valence-corrected chi connectivity index (χ4v) is 1.91. The lowest BCUT2D eigenvalue weighted by molar-refractivity contribution is 0.765. The number of fused-ring (bicyclic) bond motifs is 1. The SMILES string of the molecule is [CH]1NCCc2sccc21. The van der Waals surface area contributed by atoms with Crippen LogP contribution in [0.4, 0.5) is 0 Å². The molecule has 1 aliphatic rings. The molecule has 0 saturated carbocycles. The molecule has 47 valence electrons. The molecule has 0 bridgehead atoms. The minimum Gasteiger partial charge on any atom is -0.308 e. The maximum atomic E-state index is 3.21. The second kappa shape index (κ2) is 2.12. The normalized spacial score (nSPS) is 17.3. The Morgan fingerprint density at radius 1 is 1.56 bits per heavy atom. The fourth-order valence-electron chi connectivity index (χ4n) is 1.05. The van der Waals surface area contributed by atoms with E-state index < -0.39 is 0 Å². The standard InChI is InChI=1S/C7H8NS/c1-3-8-5-6-2-4-9-7(1)6/h2,4-5,8H,1,3H2. The van der Waals surface area contributed by atoms with Gasteiger partial charge in [0.15, 0.2) is 0 Å². The van der Waals surface area contributed by atoms with Gasteiger partial charge in [-0.15, -0.1) is 11.3 Å². The molecule has 0 aliphatic carbocycles. The first kappa shape index (κ1) is 5.45. The Morgan fingerprint density at radius 3 is 3.44 bits per heavy atom. The van der Waals surface area contributed by atoms with E-state index in [0.29, 0.717) is 0 Å². The quantitative estimate of drug-likeness (QED) is 0.571. The van der Waals surface area contributed by atoms with Crippen molar-refractivity contribution in [2.45, 2.75) is 6.42 Å². The first-order valence-electron chi connectivity index (χ1n) is 3.10. The van der Waals surface area contributed by atoms with Gasteiger partial charge in [0, 0.05) is 11.4 Å². The van der Waals surface area contributed by atoms with Crippen molar-refractivity contribution in [2.75, 3.05) is 6.54 Å². The molecule has 2 heterocycles. The lowest BCUT2D eigenvalue weighted by Gasteiger charge is -2.10. The van der Waals surface area contributed by atoms with Gasteiger partial charge in [0.05, 0.1) is 6.54 Å². The van der Waals surface area contributed by atoms with Crippen LogP contribution in [0.3, 0.4) is 0 Å². The van der Waals surface area contributed by atoms with Gasteiger partial charge >= 0.3 is 0 Å². The van der Waals surface area contributed by atoms with Crippen molar-refractivity contribution in [2.24, 2.45) is 0 Å². The third-order valence-electron chi connectivity index (χ3n) is 1.53. The topological polar surface area (TPSA) is 12.0 Å². The highest BCUT2D eigenvalue weighted by atomic mass is 32.1. The van der Waals surface area contributed by atoms with Crippen LogP contribution >= 0.6 is 11.3 Å². The molecule has 1 aromatic heterocycles. The average molecular weight is 138 g/mol. The molecule has 1 N–H and O–H groups in total. The molecule has 2 rings (SSSR count). The van der Waals surface area contributed by atoms with Gasteiger partial charge in [-0.25, -0.2) is 0 Å². The minimum absolute atomic E-state index is 1.10. The molecule has 0 unspecified atom stereocenters. The van der Waals surface area contributed by atoms with Crippen LogP contribution in [0.1, 0.15) is 10.4 Å². The lowest BCUT2D eigenvalue weighted by Crippen LogP contribution is -2.19. The smallest absolute Gasteiger partial charge is 0.0529 e. The number of hydrogen-bond acceptors (Lipinski definition) is 2. The molecule has 1 nitrogen and oxygen atoms in total. The molecule has 9 heavy (non-hydrogen) atoms. The highest BCUT2D eigenvalue weighted by Crippen LogP contribution is 2.20. The monoisotopic (exact) mass is 138 g/mol. The highest BCUT2D eigenvalue weighted by molar-refractivity contribution is 7.10. The van der Waals surface area contributed by atoms with Gasteiger partial charge in [0.1, 0.15) is 0 Å². The number of hydrogen-bond donors (Lipinski definition) is 1. The summed E-state index contributed by atoms with van der Waals surface area (Å²) in [7, 11) is 0. The van der Waals surface area contributed by atoms with Crippen LogP contribution < -0.4 is 5.32 Å². The molecule has 0 aromatic carbocycles. The molecule has 2 heteroatoms. The van der Waals surface area contributed by atoms with Crippen molar-refractivity contribution in [3.05, 3.63) is 28.4 Å². The van der Waals surface area contributed by atoms with Gasteiger partial charge in [-0.05, 0) is 23.4 Å². The Labute approximate surface area is 58.7 Å². The molecule has 1 aliphatic heterocycles. The summed E-state index contributed by atoms with van der Waals surface area (Å²) in [5.41, 5.74) is 1.38. The summed E-state index contributed by atoms with van der Waals surface area (Å²) < 4.78 is 0. The average Bonchev–Trinajstić information content (AvgIpc) is 2.33. The maximum Gasteiger partial charge on any atom is 0.0529 e. The number of nitrogens with one attached hydrogen (secondary N) is 1. The summed E-state index contributed by atoms with van der Waals surface area (Å²) in [5, 5.41) is 5.36. The number of thiophene rings is 1. The molecule has 1 aromatic rings. The van der Waals surface area contributed by atoms with E-state index in [-0.39, 0.29) is 0 Å². The molecule has 1 radical (unpaired) electrons. The van der Waals surface area contributed by atoms with Crippen molar-refractivity contribution < 1.29 is 0 Å². The van der Waals surface area contributed by atoms with E-state index in [9.17, 15) is 0 Å². The van der Waals surface area contributed by atoms with E-state index in [1.165, 1.54) is 16.9 Å². The lowest BCUT2D eigenvalue weighted by atomic mass is 10.1. The third-order valence-corrected chi connectivity index (χ3v) is 2.53. The Hall–Kier alpha value is -0.340. The Kier molecular flexibility index (Phi) is 1.28. The first-order valence-corrected chi connectivity index (χ1v) is 3.98. The molecular weight excluding hydrogens is 130 g/mol. The van der Waals surface area contributed by atoms with Gasteiger partial charge in [-0.2, -0.15) is 0 Å². The third kappa shape index (κ3) is 0.884. The van der Waals surface area contributed by atoms with E-state index in [1.54, 1.807) is 0 Å². The predicted octanol–water partition coefficient (Wildman–Crippen LogP) is 1.40. The predicted molar refractivity (Wildman–Crippen MR) is 39.4 cm³/mol. The summed E-state index contributed by atoms with van der Waals surface area (Å²) in [5.74, 6) is 0. The summed E-state index contributed by atoms with van der Waals surface area (Å²) in [6.07, 6.45) is 1.20. The van der Waals surface area contributed by atoms with Gasteiger partial charge in [0.25, 0.3) is 0 Å². The van der Waals surface area contributed by atoms with Crippen LogP contribution in [0.15, 0.2) is 11.4 Å². The van der Waals surface area contributed by atoms with E-state index in [2.05, 4.69) is 23.3 Å².